The smallest absolute Gasteiger partial charge is 0.240 e. The third-order valence-electron chi connectivity index (χ3n) is 2.50. The summed E-state index contributed by atoms with van der Waals surface area (Å²) in [5, 5.41) is 14.1. The maximum atomic E-state index is 8.86. The molecule has 1 heterocycles. The lowest BCUT2D eigenvalue weighted by Crippen LogP contribution is -2.05. The van der Waals surface area contributed by atoms with Crippen LogP contribution in [0.4, 0.5) is 0 Å². The van der Waals surface area contributed by atoms with Crippen LogP contribution in [0.15, 0.2) is 18.2 Å². The summed E-state index contributed by atoms with van der Waals surface area (Å²) < 4.78 is 7.40. The first-order chi connectivity index (χ1) is 8.11. The zero-order valence-electron chi connectivity index (χ0n) is 10.3. The molecule has 17 heavy (non-hydrogen) atoms. The highest BCUT2D eigenvalue weighted by molar-refractivity contribution is 5.85. The predicted molar refractivity (Wildman–Crippen MR) is 65.8 cm³/mol. The number of fused-ring (bicyclic) bond motifs is 1. The second kappa shape index (κ2) is 4.46. The van der Waals surface area contributed by atoms with Gasteiger partial charge in [0.15, 0.2) is 0 Å². The van der Waals surface area contributed by atoms with Crippen molar-refractivity contribution in [1.29, 1.82) is 5.26 Å². The topological polar surface area (TPSA) is 50.8 Å². The van der Waals surface area contributed by atoms with Crippen LogP contribution < -0.4 is 4.74 Å². The summed E-state index contributed by atoms with van der Waals surface area (Å²) in [6, 6.07) is 7.62. The van der Waals surface area contributed by atoms with Gasteiger partial charge in [-0.25, -0.2) is 0 Å². The fourth-order valence-electron chi connectivity index (χ4n) is 1.65. The van der Waals surface area contributed by atoms with Gasteiger partial charge in [0.2, 0.25) is 5.88 Å². The van der Waals surface area contributed by atoms with Crippen LogP contribution in [0.3, 0.4) is 0 Å². The van der Waals surface area contributed by atoms with Gasteiger partial charge < -0.3 is 4.74 Å². The van der Waals surface area contributed by atoms with Gasteiger partial charge in [-0.1, -0.05) is 13.8 Å². The first-order valence-corrected chi connectivity index (χ1v) is 5.61. The van der Waals surface area contributed by atoms with E-state index in [1.165, 1.54) is 0 Å². The molecule has 4 heteroatoms. The van der Waals surface area contributed by atoms with Gasteiger partial charge in [-0.05, 0) is 24.1 Å². The van der Waals surface area contributed by atoms with Crippen molar-refractivity contribution in [1.82, 2.24) is 9.78 Å². The Bertz CT molecular complexity index is 578. The van der Waals surface area contributed by atoms with Gasteiger partial charge in [-0.3, -0.25) is 4.68 Å². The lowest BCUT2D eigenvalue weighted by molar-refractivity contribution is 0.262. The van der Waals surface area contributed by atoms with Crippen LogP contribution >= 0.6 is 0 Å². The molecule has 88 valence electrons. The predicted octanol–water partition coefficient (Wildman–Crippen LogP) is 2.48. The highest BCUT2D eigenvalue weighted by Gasteiger charge is 2.10. The summed E-state index contributed by atoms with van der Waals surface area (Å²) in [6.07, 6.45) is 0. The van der Waals surface area contributed by atoms with E-state index < -0.39 is 0 Å². The first-order valence-electron chi connectivity index (χ1n) is 5.61. The molecule has 2 aromatic rings. The van der Waals surface area contributed by atoms with E-state index in [9.17, 15) is 0 Å². The van der Waals surface area contributed by atoms with E-state index in [4.69, 9.17) is 10.00 Å². The van der Waals surface area contributed by atoms with Crippen LogP contribution in [-0.2, 0) is 7.05 Å². The van der Waals surface area contributed by atoms with Crippen LogP contribution in [-0.4, -0.2) is 16.4 Å². The number of benzene rings is 1. The van der Waals surface area contributed by atoms with Crippen molar-refractivity contribution >= 4 is 10.9 Å². The van der Waals surface area contributed by atoms with Crippen LogP contribution in [0.5, 0.6) is 5.88 Å². The Labute approximate surface area is 100 Å². The molecule has 0 fully saturated rings. The van der Waals surface area contributed by atoms with Gasteiger partial charge in [0, 0.05) is 7.05 Å². The van der Waals surface area contributed by atoms with Crippen molar-refractivity contribution in [3.8, 4) is 11.9 Å². The van der Waals surface area contributed by atoms with Crippen molar-refractivity contribution in [2.45, 2.75) is 13.8 Å². The number of aryl methyl sites for hydroxylation is 1. The van der Waals surface area contributed by atoms with Gasteiger partial charge >= 0.3 is 0 Å². The van der Waals surface area contributed by atoms with Crippen molar-refractivity contribution in [3.05, 3.63) is 23.8 Å². The standard InChI is InChI=1S/C13H15N3O/c1-9(2)8-17-13-11-5-4-10(7-14)6-12(11)16(3)15-13/h4-6,9H,8H2,1-3H3. The zero-order chi connectivity index (χ0) is 12.4. The van der Waals surface area contributed by atoms with Gasteiger partial charge in [0.1, 0.15) is 0 Å². The summed E-state index contributed by atoms with van der Waals surface area (Å²) >= 11 is 0. The van der Waals surface area contributed by atoms with E-state index in [1.54, 1.807) is 10.7 Å². The summed E-state index contributed by atoms with van der Waals surface area (Å²) in [5.41, 5.74) is 1.55. The number of ether oxygens (including phenoxy) is 1. The normalized spacial score (nSPS) is 10.8. The van der Waals surface area contributed by atoms with Crippen LogP contribution in [0, 0.1) is 17.2 Å². The van der Waals surface area contributed by atoms with Crippen molar-refractivity contribution in [2.75, 3.05) is 6.61 Å². The largest absolute Gasteiger partial charge is 0.476 e. The molecule has 0 saturated heterocycles. The monoisotopic (exact) mass is 229 g/mol. The van der Waals surface area contributed by atoms with Crippen LogP contribution in [0.2, 0.25) is 0 Å². The Morgan fingerprint density at radius 1 is 1.47 bits per heavy atom. The fourth-order valence-corrected chi connectivity index (χ4v) is 1.65. The maximum absolute atomic E-state index is 8.86. The van der Waals surface area contributed by atoms with Gasteiger partial charge in [0.05, 0.1) is 29.1 Å². The summed E-state index contributed by atoms with van der Waals surface area (Å²) in [6.45, 7) is 4.84. The lowest BCUT2D eigenvalue weighted by Gasteiger charge is -2.05. The highest BCUT2D eigenvalue weighted by atomic mass is 16.5. The number of hydrogen-bond donors (Lipinski definition) is 0. The fraction of sp³-hybridized carbons (Fsp3) is 0.385. The molecule has 0 saturated carbocycles. The number of nitrogens with zero attached hydrogens (tertiary/aromatic N) is 3. The average molecular weight is 229 g/mol. The molecule has 0 aliphatic heterocycles. The molecule has 0 bridgehead atoms. The minimum Gasteiger partial charge on any atom is -0.476 e. The molecule has 0 radical (unpaired) electrons. The third-order valence-corrected chi connectivity index (χ3v) is 2.50. The van der Waals surface area contributed by atoms with Gasteiger partial charge in [-0.15, -0.1) is 5.10 Å². The Balaban J connectivity index is 2.42. The Kier molecular flexibility index (Phi) is 3.01. The number of rotatable bonds is 3. The van der Waals surface area contributed by atoms with Crippen molar-refractivity contribution in [2.24, 2.45) is 13.0 Å². The van der Waals surface area contributed by atoms with Crippen molar-refractivity contribution in [3.63, 3.8) is 0 Å². The second-order valence-electron chi connectivity index (χ2n) is 4.48. The van der Waals surface area contributed by atoms with Gasteiger partial charge in [0.25, 0.3) is 0 Å². The van der Waals surface area contributed by atoms with Gasteiger partial charge in [-0.2, -0.15) is 5.26 Å². The van der Waals surface area contributed by atoms with E-state index in [0.29, 0.717) is 24.0 Å². The van der Waals surface area contributed by atoms with Crippen LogP contribution in [0.1, 0.15) is 19.4 Å². The quantitative estimate of drug-likeness (QED) is 0.812. The molecular formula is C13H15N3O. The summed E-state index contributed by atoms with van der Waals surface area (Å²) in [7, 11) is 1.85. The number of hydrogen-bond acceptors (Lipinski definition) is 3. The average Bonchev–Trinajstić information content (AvgIpc) is 2.63. The molecule has 0 aliphatic carbocycles. The van der Waals surface area contributed by atoms with E-state index in [0.717, 1.165) is 10.9 Å². The molecule has 1 aromatic heterocycles. The molecular weight excluding hydrogens is 214 g/mol. The number of nitriles is 1. The summed E-state index contributed by atoms with van der Waals surface area (Å²) in [5.74, 6) is 1.10. The molecule has 0 atom stereocenters. The maximum Gasteiger partial charge on any atom is 0.240 e. The minimum atomic E-state index is 0.463. The molecule has 0 N–H and O–H groups in total. The molecule has 0 unspecified atom stereocenters. The van der Waals surface area contributed by atoms with E-state index in [1.807, 2.05) is 19.2 Å². The molecule has 0 aliphatic rings. The van der Waals surface area contributed by atoms with Crippen molar-refractivity contribution < 1.29 is 4.74 Å². The molecule has 1 aromatic carbocycles. The Morgan fingerprint density at radius 3 is 2.88 bits per heavy atom. The SMILES string of the molecule is CC(C)COc1nn(C)c2cc(C#N)ccc12. The Morgan fingerprint density at radius 2 is 2.24 bits per heavy atom. The van der Waals surface area contributed by atoms with E-state index >= 15 is 0 Å². The number of aromatic nitrogens is 2. The summed E-state index contributed by atoms with van der Waals surface area (Å²) in [4.78, 5) is 0. The minimum absolute atomic E-state index is 0.463. The van der Waals surface area contributed by atoms with E-state index in [2.05, 4.69) is 25.0 Å². The first kappa shape index (κ1) is 11.5. The molecule has 0 amide bonds. The second-order valence-corrected chi connectivity index (χ2v) is 4.48. The molecule has 4 nitrogen and oxygen atoms in total. The Hall–Kier alpha value is -2.02. The zero-order valence-corrected chi connectivity index (χ0v) is 10.3. The van der Waals surface area contributed by atoms with Crippen LogP contribution in [0.25, 0.3) is 10.9 Å². The lowest BCUT2D eigenvalue weighted by atomic mass is 10.2. The molecule has 0 spiro atoms. The third kappa shape index (κ3) is 2.23. The van der Waals surface area contributed by atoms with E-state index in [-0.39, 0.29) is 0 Å². The highest BCUT2D eigenvalue weighted by Crippen LogP contribution is 2.25. The molecule has 2 rings (SSSR count).